The molecule has 2 rings (SSSR count). The van der Waals surface area contributed by atoms with E-state index in [1.165, 1.54) is 12.8 Å². The first-order valence-electron chi connectivity index (χ1n) is 4.53. The Bertz CT molecular complexity index is 171. The molecule has 3 unspecified atom stereocenters. The van der Waals surface area contributed by atoms with Gasteiger partial charge in [-0.2, -0.15) is 0 Å². The van der Waals surface area contributed by atoms with Crippen LogP contribution in [-0.2, 0) is 0 Å². The molecule has 0 amide bonds. The third kappa shape index (κ3) is 0.994. The van der Waals surface area contributed by atoms with E-state index in [4.69, 9.17) is 0 Å². The maximum atomic E-state index is 13.0. The number of rotatable bonds is 0. The number of hydrogen-bond acceptors (Lipinski definition) is 1. The molecule has 0 aromatic heterocycles. The van der Waals surface area contributed by atoms with Gasteiger partial charge < -0.3 is 0 Å². The van der Waals surface area contributed by atoms with Gasteiger partial charge in [0, 0.05) is 18.1 Å². The highest BCUT2D eigenvalue weighted by molar-refractivity contribution is 5.03. The Kier molecular flexibility index (Phi) is 1.50. The van der Waals surface area contributed by atoms with Gasteiger partial charge in [0.25, 0.3) is 0 Å². The SMILES string of the molecule is CC1CCC2(C)CC(F)CN12. The molecular weight excluding hydrogens is 141 g/mol. The Morgan fingerprint density at radius 2 is 2.27 bits per heavy atom. The van der Waals surface area contributed by atoms with E-state index in [0.717, 1.165) is 6.42 Å². The molecule has 2 heterocycles. The second-order valence-electron chi connectivity index (χ2n) is 4.34. The van der Waals surface area contributed by atoms with E-state index in [1.807, 2.05) is 0 Å². The van der Waals surface area contributed by atoms with Crippen LogP contribution in [0.1, 0.15) is 33.1 Å². The van der Waals surface area contributed by atoms with Gasteiger partial charge in [0.2, 0.25) is 0 Å². The number of hydrogen-bond donors (Lipinski definition) is 0. The third-order valence-corrected chi connectivity index (χ3v) is 3.38. The van der Waals surface area contributed by atoms with Crippen LogP contribution in [0.4, 0.5) is 4.39 Å². The molecule has 11 heavy (non-hydrogen) atoms. The smallest absolute Gasteiger partial charge is 0.115 e. The molecule has 2 fully saturated rings. The molecule has 64 valence electrons. The van der Waals surface area contributed by atoms with E-state index in [9.17, 15) is 4.39 Å². The minimum absolute atomic E-state index is 0.207. The van der Waals surface area contributed by atoms with Gasteiger partial charge in [0.1, 0.15) is 6.17 Å². The number of nitrogens with zero attached hydrogens (tertiary/aromatic N) is 1. The van der Waals surface area contributed by atoms with Gasteiger partial charge in [0.15, 0.2) is 0 Å². The second-order valence-corrected chi connectivity index (χ2v) is 4.34. The van der Waals surface area contributed by atoms with Crippen LogP contribution in [0.2, 0.25) is 0 Å². The largest absolute Gasteiger partial charge is 0.292 e. The molecule has 0 saturated carbocycles. The van der Waals surface area contributed by atoms with Gasteiger partial charge in [-0.05, 0) is 33.1 Å². The Balaban J connectivity index is 2.18. The standard InChI is InChI=1S/C9H16FN/c1-7-3-4-9(2)5-8(10)6-11(7)9/h7-8H,3-6H2,1-2H3. The molecule has 0 spiro atoms. The van der Waals surface area contributed by atoms with Crippen LogP contribution in [0.25, 0.3) is 0 Å². The van der Waals surface area contributed by atoms with Crippen molar-refractivity contribution in [3.63, 3.8) is 0 Å². The van der Waals surface area contributed by atoms with E-state index < -0.39 is 6.17 Å². The predicted octanol–water partition coefficient (Wildman–Crippen LogP) is 1.97. The summed E-state index contributed by atoms with van der Waals surface area (Å²) >= 11 is 0. The highest BCUT2D eigenvalue weighted by Crippen LogP contribution is 2.42. The fourth-order valence-corrected chi connectivity index (χ4v) is 2.73. The van der Waals surface area contributed by atoms with Gasteiger partial charge in [-0.1, -0.05) is 0 Å². The van der Waals surface area contributed by atoms with E-state index in [-0.39, 0.29) is 5.54 Å². The summed E-state index contributed by atoms with van der Waals surface area (Å²) in [5.74, 6) is 0. The first-order valence-corrected chi connectivity index (χ1v) is 4.53. The Labute approximate surface area is 67.6 Å². The molecule has 0 aliphatic carbocycles. The minimum atomic E-state index is -0.567. The number of fused-ring (bicyclic) bond motifs is 1. The first-order chi connectivity index (χ1) is 5.12. The van der Waals surface area contributed by atoms with Gasteiger partial charge in [-0.15, -0.1) is 0 Å². The molecule has 0 aromatic carbocycles. The lowest BCUT2D eigenvalue weighted by atomic mass is 9.96. The molecule has 0 radical (unpaired) electrons. The van der Waals surface area contributed by atoms with Crippen molar-refractivity contribution in [1.82, 2.24) is 4.90 Å². The molecule has 2 aliphatic rings. The average Bonchev–Trinajstić information content (AvgIpc) is 2.32. The van der Waals surface area contributed by atoms with Crippen molar-refractivity contribution < 1.29 is 4.39 Å². The number of halogens is 1. The summed E-state index contributed by atoms with van der Waals surface area (Å²) in [7, 11) is 0. The fourth-order valence-electron chi connectivity index (χ4n) is 2.73. The summed E-state index contributed by atoms with van der Waals surface area (Å²) in [5, 5.41) is 0. The molecule has 2 saturated heterocycles. The molecule has 2 heteroatoms. The van der Waals surface area contributed by atoms with E-state index in [0.29, 0.717) is 12.6 Å². The first kappa shape index (κ1) is 7.53. The van der Waals surface area contributed by atoms with Crippen LogP contribution in [0, 0.1) is 0 Å². The van der Waals surface area contributed by atoms with Crippen molar-refractivity contribution >= 4 is 0 Å². The second kappa shape index (κ2) is 2.19. The van der Waals surface area contributed by atoms with Gasteiger partial charge >= 0.3 is 0 Å². The summed E-state index contributed by atoms with van der Waals surface area (Å²) < 4.78 is 13.0. The van der Waals surface area contributed by atoms with E-state index in [1.54, 1.807) is 0 Å². The van der Waals surface area contributed by atoms with Crippen molar-refractivity contribution in [3.05, 3.63) is 0 Å². The van der Waals surface area contributed by atoms with Crippen LogP contribution in [-0.4, -0.2) is 29.2 Å². The Morgan fingerprint density at radius 1 is 1.55 bits per heavy atom. The molecule has 2 aliphatic heterocycles. The molecule has 1 nitrogen and oxygen atoms in total. The zero-order valence-electron chi connectivity index (χ0n) is 7.31. The summed E-state index contributed by atoms with van der Waals surface area (Å²) in [6.45, 7) is 5.09. The maximum Gasteiger partial charge on any atom is 0.115 e. The van der Waals surface area contributed by atoms with Gasteiger partial charge in [-0.3, -0.25) is 4.90 Å². The Hall–Kier alpha value is -0.110. The van der Waals surface area contributed by atoms with Crippen molar-refractivity contribution in [2.75, 3.05) is 6.54 Å². The van der Waals surface area contributed by atoms with Gasteiger partial charge in [-0.25, -0.2) is 4.39 Å². The zero-order chi connectivity index (χ0) is 8.06. The molecule has 0 N–H and O–H groups in total. The average molecular weight is 157 g/mol. The molecular formula is C9H16FN. The molecule has 0 bridgehead atoms. The van der Waals surface area contributed by atoms with Crippen molar-refractivity contribution in [1.29, 1.82) is 0 Å². The highest BCUT2D eigenvalue weighted by Gasteiger charge is 2.48. The minimum Gasteiger partial charge on any atom is -0.292 e. The lowest BCUT2D eigenvalue weighted by Gasteiger charge is -2.29. The third-order valence-electron chi connectivity index (χ3n) is 3.38. The predicted molar refractivity (Wildman–Crippen MR) is 43.3 cm³/mol. The summed E-state index contributed by atoms with van der Waals surface area (Å²) in [4.78, 5) is 2.34. The van der Waals surface area contributed by atoms with Crippen LogP contribution >= 0.6 is 0 Å². The summed E-state index contributed by atoms with van der Waals surface area (Å²) in [6.07, 6.45) is 2.64. The van der Waals surface area contributed by atoms with Crippen molar-refractivity contribution in [2.45, 2.75) is 50.9 Å². The maximum absolute atomic E-state index is 13.0. The Morgan fingerprint density at radius 3 is 2.91 bits per heavy atom. The lowest BCUT2D eigenvalue weighted by molar-refractivity contribution is 0.174. The fraction of sp³-hybridized carbons (Fsp3) is 1.00. The van der Waals surface area contributed by atoms with E-state index >= 15 is 0 Å². The van der Waals surface area contributed by atoms with Crippen molar-refractivity contribution in [2.24, 2.45) is 0 Å². The van der Waals surface area contributed by atoms with Gasteiger partial charge in [0.05, 0.1) is 0 Å². The summed E-state index contributed by atoms with van der Waals surface area (Å²) in [6, 6.07) is 0.612. The lowest BCUT2D eigenvalue weighted by Crippen LogP contribution is -2.38. The molecule has 3 atom stereocenters. The van der Waals surface area contributed by atoms with E-state index in [2.05, 4.69) is 18.7 Å². The topological polar surface area (TPSA) is 3.24 Å². The monoisotopic (exact) mass is 157 g/mol. The zero-order valence-corrected chi connectivity index (χ0v) is 7.31. The van der Waals surface area contributed by atoms with Crippen LogP contribution in [0.5, 0.6) is 0 Å². The quantitative estimate of drug-likeness (QED) is 0.519. The van der Waals surface area contributed by atoms with Crippen LogP contribution in [0.3, 0.4) is 0 Å². The summed E-state index contributed by atoms with van der Waals surface area (Å²) in [5.41, 5.74) is 0.207. The van der Waals surface area contributed by atoms with Crippen LogP contribution in [0.15, 0.2) is 0 Å². The number of alkyl halides is 1. The molecule has 0 aromatic rings. The normalized spacial score (nSPS) is 51.5. The van der Waals surface area contributed by atoms with Crippen LogP contribution < -0.4 is 0 Å². The van der Waals surface area contributed by atoms with Crippen molar-refractivity contribution in [3.8, 4) is 0 Å². The highest BCUT2D eigenvalue weighted by atomic mass is 19.1.